The Balaban J connectivity index is 2.63. The zero-order chi connectivity index (χ0) is 17.8. The zero-order valence-corrected chi connectivity index (χ0v) is 14.0. The molecule has 2 aromatic rings. The number of ketones is 1. The Kier molecular flexibility index (Phi) is 5.49. The predicted molar refractivity (Wildman–Crippen MR) is 87.7 cm³/mol. The van der Waals surface area contributed by atoms with Gasteiger partial charge in [-0.25, -0.2) is 8.42 Å². The summed E-state index contributed by atoms with van der Waals surface area (Å²) < 4.78 is 55.3. The number of hydrogen-bond acceptors (Lipinski definition) is 3. The van der Waals surface area contributed by atoms with Gasteiger partial charge in [-0.1, -0.05) is 55.5 Å². The van der Waals surface area contributed by atoms with Crippen LogP contribution in [0.5, 0.6) is 0 Å². The lowest BCUT2D eigenvalue weighted by atomic mass is 10.0. The molecule has 0 fully saturated rings. The molecule has 0 heterocycles. The molecule has 0 aliphatic carbocycles. The SMILES string of the molecule is CCCC(=O)C(F)(F)C(c1ccccc1)S(=O)(=O)c1ccccc1. The minimum Gasteiger partial charge on any atom is -0.293 e. The molecule has 6 heteroatoms. The Hall–Kier alpha value is -2.08. The fourth-order valence-corrected chi connectivity index (χ4v) is 4.34. The third kappa shape index (κ3) is 3.53. The third-order valence-corrected chi connectivity index (χ3v) is 5.78. The van der Waals surface area contributed by atoms with Gasteiger partial charge in [-0.3, -0.25) is 4.79 Å². The summed E-state index contributed by atoms with van der Waals surface area (Å²) in [5.41, 5.74) is -0.101. The van der Waals surface area contributed by atoms with Crippen molar-refractivity contribution >= 4 is 15.6 Å². The van der Waals surface area contributed by atoms with Crippen molar-refractivity contribution in [3.63, 3.8) is 0 Å². The first-order valence-electron chi connectivity index (χ1n) is 7.56. The number of carbonyl (C=O) groups is 1. The second-order valence-corrected chi connectivity index (χ2v) is 7.48. The van der Waals surface area contributed by atoms with Crippen LogP contribution in [0.2, 0.25) is 0 Å². The molecule has 2 aromatic carbocycles. The number of benzene rings is 2. The topological polar surface area (TPSA) is 51.2 Å². The molecule has 128 valence electrons. The van der Waals surface area contributed by atoms with Gasteiger partial charge in [-0.05, 0) is 24.1 Å². The van der Waals surface area contributed by atoms with Gasteiger partial charge in [0.25, 0.3) is 0 Å². The summed E-state index contributed by atoms with van der Waals surface area (Å²) in [6.45, 7) is 1.59. The van der Waals surface area contributed by atoms with E-state index in [1.54, 1.807) is 19.1 Å². The predicted octanol–water partition coefficient (Wildman–Crippen LogP) is 4.21. The summed E-state index contributed by atoms with van der Waals surface area (Å²) >= 11 is 0. The van der Waals surface area contributed by atoms with Gasteiger partial charge in [0.2, 0.25) is 5.78 Å². The first kappa shape index (κ1) is 18.3. The molecule has 0 spiro atoms. The molecule has 0 saturated carbocycles. The zero-order valence-electron chi connectivity index (χ0n) is 13.2. The first-order chi connectivity index (χ1) is 11.3. The maximum Gasteiger partial charge on any atom is 0.326 e. The van der Waals surface area contributed by atoms with Crippen LogP contribution in [0, 0.1) is 0 Å². The number of alkyl halides is 2. The average Bonchev–Trinajstić information content (AvgIpc) is 2.56. The number of hydrogen-bond donors (Lipinski definition) is 0. The van der Waals surface area contributed by atoms with E-state index in [0.29, 0.717) is 0 Å². The van der Waals surface area contributed by atoms with Crippen LogP contribution < -0.4 is 0 Å². The second-order valence-electron chi connectivity index (χ2n) is 5.44. The van der Waals surface area contributed by atoms with Crippen LogP contribution >= 0.6 is 0 Å². The standard InChI is InChI=1S/C18H18F2O3S/c1-2-9-16(21)18(19,20)17(14-10-5-3-6-11-14)24(22,23)15-12-7-4-8-13-15/h3-8,10-13,17H,2,9H2,1H3. The van der Waals surface area contributed by atoms with Crippen molar-refractivity contribution in [2.75, 3.05) is 0 Å². The molecule has 0 N–H and O–H groups in total. The van der Waals surface area contributed by atoms with Gasteiger partial charge in [0, 0.05) is 6.42 Å². The Morgan fingerprint density at radius 2 is 1.50 bits per heavy atom. The molecule has 1 atom stereocenters. The van der Waals surface area contributed by atoms with E-state index in [9.17, 15) is 22.0 Å². The van der Waals surface area contributed by atoms with E-state index in [1.807, 2.05) is 0 Å². The highest BCUT2D eigenvalue weighted by Gasteiger charge is 2.54. The molecule has 0 amide bonds. The maximum absolute atomic E-state index is 14.8. The Morgan fingerprint density at radius 1 is 1.00 bits per heavy atom. The fraction of sp³-hybridized carbons (Fsp3) is 0.278. The number of halogens is 2. The van der Waals surface area contributed by atoms with Crippen molar-refractivity contribution in [3.05, 3.63) is 66.2 Å². The van der Waals surface area contributed by atoms with E-state index in [2.05, 4.69) is 0 Å². The molecule has 0 saturated heterocycles. The average molecular weight is 352 g/mol. The highest BCUT2D eigenvalue weighted by Crippen LogP contribution is 2.42. The lowest BCUT2D eigenvalue weighted by Gasteiger charge is -2.26. The third-order valence-electron chi connectivity index (χ3n) is 3.66. The number of rotatable bonds is 7. The largest absolute Gasteiger partial charge is 0.326 e. The van der Waals surface area contributed by atoms with E-state index >= 15 is 0 Å². The van der Waals surface area contributed by atoms with Gasteiger partial charge < -0.3 is 0 Å². The minimum absolute atomic E-state index is 0.101. The van der Waals surface area contributed by atoms with Crippen LogP contribution in [0.25, 0.3) is 0 Å². The molecular formula is C18H18F2O3S. The summed E-state index contributed by atoms with van der Waals surface area (Å²) in [5, 5.41) is -2.24. The van der Waals surface area contributed by atoms with Crippen LogP contribution in [-0.2, 0) is 14.6 Å². The van der Waals surface area contributed by atoms with Gasteiger partial charge in [0.05, 0.1) is 4.90 Å². The van der Waals surface area contributed by atoms with Crippen LogP contribution in [0.15, 0.2) is 65.6 Å². The molecule has 0 aliphatic heterocycles. The summed E-state index contributed by atoms with van der Waals surface area (Å²) in [6.07, 6.45) is -0.151. The lowest BCUT2D eigenvalue weighted by Crippen LogP contribution is -2.40. The summed E-state index contributed by atoms with van der Waals surface area (Å²) in [5.74, 6) is -5.37. The van der Waals surface area contributed by atoms with E-state index in [-0.39, 0.29) is 23.3 Å². The number of sulfone groups is 1. The van der Waals surface area contributed by atoms with E-state index < -0.39 is 26.8 Å². The lowest BCUT2D eigenvalue weighted by molar-refractivity contribution is -0.143. The van der Waals surface area contributed by atoms with E-state index in [4.69, 9.17) is 0 Å². The minimum atomic E-state index is -4.45. The summed E-state index contributed by atoms with van der Waals surface area (Å²) in [6, 6.07) is 14.2. The first-order valence-corrected chi connectivity index (χ1v) is 9.11. The Bertz CT molecular complexity index is 788. The number of Topliss-reactive ketones (excluding diaryl/α,β-unsaturated/α-hetero) is 1. The molecule has 1 unspecified atom stereocenters. The smallest absolute Gasteiger partial charge is 0.293 e. The molecule has 24 heavy (non-hydrogen) atoms. The van der Waals surface area contributed by atoms with Crippen molar-refractivity contribution in [1.29, 1.82) is 0 Å². The second kappa shape index (κ2) is 7.21. The van der Waals surface area contributed by atoms with Crippen molar-refractivity contribution in [2.24, 2.45) is 0 Å². The normalized spacial score (nSPS) is 13.5. The van der Waals surface area contributed by atoms with Crippen LogP contribution in [-0.4, -0.2) is 20.1 Å². The van der Waals surface area contributed by atoms with E-state index in [0.717, 1.165) is 0 Å². The monoisotopic (exact) mass is 352 g/mol. The maximum atomic E-state index is 14.8. The highest BCUT2D eigenvalue weighted by atomic mass is 32.2. The quantitative estimate of drug-likeness (QED) is 0.750. The van der Waals surface area contributed by atoms with Crippen LogP contribution in [0.3, 0.4) is 0 Å². The van der Waals surface area contributed by atoms with E-state index in [1.165, 1.54) is 48.5 Å². The highest BCUT2D eigenvalue weighted by molar-refractivity contribution is 7.91. The molecule has 2 rings (SSSR count). The van der Waals surface area contributed by atoms with Crippen molar-refractivity contribution in [2.45, 2.75) is 35.8 Å². The Morgan fingerprint density at radius 3 is 2.00 bits per heavy atom. The summed E-state index contributed by atoms with van der Waals surface area (Å²) in [7, 11) is -4.45. The van der Waals surface area contributed by atoms with Gasteiger partial charge in [0.15, 0.2) is 15.1 Å². The van der Waals surface area contributed by atoms with Crippen molar-refractivity contribution in [3.8, 4) is 0 Å². The molecular weight excluding hydrogens is 334 g/mol. The van der Waals surface area contributed by atoms with Crippen LogP contribution in [0.1, 0.15) is 30.6 Å². The molecule has 0 aliphatic rings. The van der Waals surface area contributed by atoms with Crippen molar-refractivity contribution in [1.82, 2.24) is 0 Å². The van der Waals surface area contributed by atoms with Crippen LogP contribution in [0.4, 0.5) is 8.78 Å². The number of carbonyl (C=O) groups excluding carboxylic acids is 1. The molecule has 0 bridgehead atoms. The molecule has 3 nitrogen and oxygen atoms in total. The fourth-order valence-electron chi connectivity index (χ4n) is 2.50. The summed E-state index contributed by atoms with van der Waals surface area (Å²) in [4.78, 5) is 11.7. The van der Waals surface area contributed by atoms with Gasteiger partial charge in [0.1, 0.15) is 0 Å². The molecule has 0 radical (unpaired) electrons. The molecule has 0 aromatic heterocycles. The van der Waals surface area contributed by atoms with Gasteiger partial charge in [-0.15, -0.1) is 0 Å². The van der Waals surface area contributed by atoms with Crippen molar-refractivity contribution < 1.29 is 22.0 Å². The van der Waals surface area contributed by atoms with Gasteiger partial charge in [-0.2, -0.15) is 8.78 Å². The Labute approximate surface area is 140 Å². The van der Waals surface area contributed by atoms with Gasteiger partial charge >= 0.3 is 5.92 Å².